The maximum atomic E-state index is 11.7. The molecule has 0 saturated carbocycles. The van der Waals surface area contributed by atoms with Crippen molar-refractivity contribution in [2.75, 3.05) is 5.73 Å². The first-order chi connectivity index (χ1) is 9.16. The molecule has 2 aromatic rings. The number of ether oxygens (including phenoxy) is 1. The number of rotatable bonds is 3. The molecule has 0 aromatic heterocycles. The van der Waals surface area contributed by atoms with E-state index >= 15 is 0 Å². The molecule has 0 aliphatic heterocycles. The summed E-state index contributed by atoms with van der Waals surface area (Å²) < 4.78 is 4.76. The Morgan fingerprint density at radius 3 is 2.20 bits per heavy atom. The van der Waals surface area contributed by atoms with Gasteiger partial charge in [-0.3, -0.25) is 4.79 Å². The molecule has 5 heteroatoms. The van der Waals surface area contributed by atoms with Crippen molar-refractivity contribution in [2.24, 2.45) is 0 Å². The van der Waals surface area contributed by atoms with Gasteiger partial charge in [0.25, 0.3) is 0 Å². The number of nitrogen functional groups attached to an aromatic ring is 1. The van der Waals surface area contributed by atoms with Gasteiger partial charge in [0, 0.05) is 25.2 Å². The molecule has 2 N–H and O–H groups in total. The molecule has 0 heterocycles. The average molecular weight is 321 g/mol. The third-order valence-corrected chi connectivity index (χ3v) is 2.58. The van der Waals surface area contributed by atoms with Crippen LogP contribution >= 0.6 is 0 Å². The molecule has 0 atom stereocenters. The number of hydrogen-bond acceptors (Lipinski definition) is 4. The molecule has 2 aromatic carbocycles. The zero-order valence-electron chi connectivity index (χ0n) is 10.9. The second-order valence-corrected chi connectivity index (χ2v) is 4.01. The molecule has 4 nitrogen and oxygen atoms in total. The van der Waals surface area contributed by atoms with Gasteiger partial charge in [0.05, 0.1) is 12.0 Å². The summed E-state index contributed by atoms with van der Waals surface area (Å²) in [4.78, 5) is 23.4. The smallest absolute Gasteiger partial charge is 0.347 e. The summed E-state index contributed by atoms with van der Waals surface area (Å²) in [6.07, 6.45) is 0.0549. The molecule has 0 aliphatic rings. The molecular formula is C15H13NO3Zn. The summed E-state index contributed by atoms with van der Waals surface area (Å²) in [6, 6.07) is 15.5. The maximum absolute atomic E-state index is 11.7. The number of anilines is 1. The van der Waals surface area contributed by atoms with Gasteiger partial charge in [-0.05, 0) is 17.7 Å². The SMILES string of the molecule is Nc1ccccc1C(=O)OC(=O)Cc1ccccc1.[Zn]. The van der Waals surface area contributed by atoms with E-state index in [1.54, 1.807) is 30.3 Å². The zero-order chi connectivity index (χ0) is 13.7. The van der Waals surface area contributed by atoms with Crippen molar-refractivity contribution in [2.45, 2.75) is 6.42 Å². The first-order valence-corrected chi connectivity index (χ1v) is 5.80. The van der Waals surface area contributed by atoms with Crippen LogP contribution in [0.5, 0.6) is 0 Å². The van der Waals surface area contributed by atoms with E-state index in [9.17, 15) is 9.59 Å². The fourth-order valence-electron chi connectivity index (χ4n) is 1.64. The minimum atomic E-state index is -0.723. The maximum Gasteiger partial charge on any atom is 0.347 e. The molecule has 0 aliphatic carbocycles. The van der Waals surface area contributed by atoms with Crippen LogP contribution in [-0.4, -0.2) is 11.9 Å². The van der Waals surface area contributed by atoms with Crippen molar-refractivity contribution in [3.05, 3.63) is 65.7 Å². The molecule has 0 bridgehead atoms. The van der Waals surface area contributed by atoms with Crippen molar-refractivity contribution in [3.63, 3.8) is 0 Å². The molecular weight excluding hydrogens is 308 g/mol. The van der Waals surface area contributed by atoms with Crippen molar-refractivity contribution < 1.29 is 33.8 Å². The second-order valence-electron chi connectivity index (χ2n) is 4.01. The average Bonchev–Trinajstić information content (AvgIpc) is 2.40. The Bertz CT molecular complexity index is 599. The first-order valence-electron chi connectivity index (χ1n) is 5.80. The molecule has 20 heavy (non-hydrogen) atoms. The number of carbonyl (C=O) groups excluding carboxylic acids is 2. The number of esters is 2. The van der Waals surface area contributed by atoms with Gasteiger partial charge in [0.2, 0.25) is 0 Å². The number of carbonyl (C=O) groups is 2. The van der Waals surface area contributed by atoms with Crippen LogP contribution in [-0.2, 0) is 35.4 Å². The van der Waals surface area contributed by atoms with Gasteiger partial charge in [-0.25, -0.2) is 4.79 Å². The van der Waals surface area contributed by atoms with Gasteiger partial charge in [-0.2, -0.15) is 0 Å². The molecule has 0 spiro atoms. The molecule has 0 amide bonds. The minimum Gasteiger partial charge on any atom is -0.398 e. The Morgan fingerprint density at radius 1 is 0.950 bits per heavy atom. The monoisotopic (exact) mass is 319 g/mol. The van der Waals surface area contributed by atoms with Crippen LogP contribution in [0.2, 0.25) is 0 Å². The third kappa shape index (κ3) is 4.28. The van der Waals surface area contributed by atoms with Crippen LogP contribution in [0, 0.1) is 0 Å². The van der Waals surface area contributed by atoms with Crippen LogP contribution in [0.1, 0.15) is 15.9 Å². The second kappa shape index (κ2) is 7.56. The fourth-order valence-corrected chi connectivity index (χ4v) is 1.64. The standard InChI is InChI=1S/C15H13NO3.Zn/c16-13-9-5-4-8-12(13)15(18)19-14(17)10-11-6-2-1-3-7-11;/h1-9H,10,16H2;. The Hall–Kier alpha value is -2.00. The Morgan fingerprint density at radius 2 is 1.55 bits per heavy atom. The fraction of sp³-hybridized carbons (Fsp3) is 0.0667. The summed E-state index contributed by atoms with van der Waals surface area (Å²) in [7, 11) is 0. The van der Waals surface area contributed by atoms with Crippen LogP contribution in [0.25, 0.3) is 0 Å². The zero-order valence-corrected chi connectivity index (χ0v) is 13.9. The van der Waals surface area contributed by atoms with Crippen molar-refractivity contribution >= 4 is 17.6 Å². The van der Waals surface area contributed by atoms with E-state index in [1.165, 1.54) is 6.07 Å². The van der Waals surface area contributed by atoms with Gasteiger partial charge in [0.15, 0.2) is 0 Å². The molecule has 0 unspecified atom stereocenters. The van der Waals surface area contributed by atoms with E-state index in [1.807, 2.05) is 18.2 Å². The Kier molecular flexibility index (Phi) is 6.07. The summed E-state index contributed by atoms with van der Waals surface area (Å²) in [5.74, 6) is -1.32. The van der Waals surface area contributed by atoms with Crippen molar-refractivity contribution in [1.29, 1.82) is 0 Å². The van der Waals surface area contributed by atoms with E-state index in [0.29, 0.717) is 5.69 Å². The molecule has 98 valence electrons. The number of para-hydroxylation sites is 1. The van der Waals surface area contributed by atoms with Crippen LogP contribution in [0.3, 0.4) is 0 Å². The van der Waals surface area contributed by atoms with Crippen LogP contribution in [0.15, 0.2) is 54.6 Å². The van der Waals surface area contributed by atoms with E-state index in [2.05, 4.69) is 0 Å². The minimum absolute atomic E-state index is 0. The third-order valence-electron chi connectivity index (χ3n) is 2.58. The van der Waals surface area contributed by atoms with E-state index in [4.69, 9.17) is 10.5 Å². The first kappa shape index (κ1) is 16.1. The van der Waals surface area contributed by atoms with E-state index in [0.717, 1.165) is 5.56 Å². The molecule has 2 rings (SSSR count). The van der Waals surface area contributed by atoms with Crippen LogP contribution in [0.4, 0.5) is 5.69 Å². The van der Waals surface area contributed by atoms with Gasteiger partial charge < -0.3 is 10.5 Å². The quantitative estimate of drug-likeness (QED) is 0.407. The predicted molar refractivity (Wildman–Crippen MR) is 71.4 cm³/mol. The normalized spacial score (nSPS) is 9.40. The van der Waals surface area contributed by atoms with Crippen molar-refractivity contribution in [1.82, 2.24) is 0 Å². The topological polar surface area (TPSA) is 69.4 Å². The summed E-state index contributed by atoms with van der Waals surface area (Å²) >= 11 is 0. The van der Waals surface area contributed by atoms with Crippen molar-refractivity contribution in [3.8, 4) is 0 Å². The largest absolute Gasteiger partial charge is 0.398 e. The molecule has 0 saturated heterocycles. The Labute approximate surface area is 129 Å². The molecule has 0 radical (unpaired) electrons. The predicted octanol–water partition coefficient (Wildman–Crippen LogP) is 2.19. The summed E-state index contributed by atoms with van der Waals surface area (Å²) in [5, 5.41) is 0. The Balaban J connectivity index is 0.00000200. The van der Waals surface area contributed by atoms with E-state index < -0.39 is 11.9 Å². The van der Waals surface area contributed by atoms with Gasteiger partial charge >= 0.3 is 11.9 Å². The number of hydrogen-bond donors (Lipinski definition) is 1. The van der Waals surface area contributed by atoms with Gasteiger partial charge in [0.1, 0.15) is 0 Å². The summed E-state index contributed by atoms with van der Waals surface area (Å²) in [5.41, 5.74) is 6.92. The van der Waals surface area contributed by atoms with E-state index in [-0.39, 0.29) is 31.5 Å². The molecule has 0 fully saturated rings. The number of benzene rings is 2. The van der Waals surface area contributed by atoms with Gasteiger partial charge in [-0.15, -0.1) is 0 Å². The summed E-state index contributed by atoms with van der Waals surface area (Å²) in [6.45, 7) is 0. The van der Waals surface area contributed by atoms with Gasteiger partial charge in [-0.1, -0.05) is 42.5 Å². The number of nitrogens with two attached hydrogens (primary N) is 1. The van der Waals surface area contributed by atoms with Crippen LogP contribution < -0.4 is 5.73 Å².